The van der Waals surface area contributed by atoms with Crippen molar-refractivity contribution < 1.29 is 18.0 Å². The molecule has 2 atom stereocenters. The van der Waals surface area contributed by atoms with E-state index in [1.54, 1.807) is 38.0 Å². The van der Waals surface area contributed by atoms with E-state index in [1.165, 1.54) is 24.3 Å². The third kappa shape index (κ3) is 5.01. The van der Waals surface area contributed by atoms with Crippen LogP contribution in [0.3, 0.4) is 0 Å². The molecule has 29 heavy (non-hydrogen) atoms. The lowest BCUT2D eigenvalue weighted by Gasteiger charge is -2.32. The molecule has 9 nitrogen and oxygen atoms in total. The molecule has 0 bridgehead atoms. The summed E-state index contributed by atoms with van der Waals surface area (Å²) in [5.74, 6) is -0.405. The summed E-state index contributed by atoms with van der Waals surface area (Å²) in [5, 5.41) is 9.99. The third-order valence-corrected chi connectivity index (χ3v) is 6.29. The quantitative estimate of drug-likeness (QED) is 0.641. The Labute approximate surface area is 169 Å². The van der Waals surface area contributed by atoms with E-state index in [2.05, 4.69) is 20.5 Å². The molecular weight excluding hydrogens is 394 g/mol. The fourth-order valence-corrected chi connectivity index (χ4v) is 4.54. The van der Waals surface area contributed by atoms with E-state index in [0.29, 0.717) is 18.4 Å². The summed E-state index contributed by atoms with van der Waals surface area (Å²) in [5.41, 5.74) is 1.15. The zero-order valence-electron chi connectivity index (χ0n) is 16.5. The van der Waals surface area contributed by atoms with Gasteiger partial charge in [0.15, 0.2) is 0 Å². The van der Waals surface area contributed by atoms with Crippen LogP contribution >= 0.6 is 0 Å². The van der Waals surface area contributed by atoms with Crippen molar-refractivity contribution in [2.24, 2.45) is 7.05 Å². The van der Waals surface area contributed by atoms with E-state index >= 15 is 0 Å². The van der Waals surface area contributed by atoms with Crippen molar-refractivity contribution in [3.63, 3.8) is 0 Å². The highest BCUT2D eigenvalue weighted by Crippen LogP contribution is 2.24. The summed E-state index contributed by atoms with van der Waals surface area (Å²) < 4.78 is 28.6. The minimum absolute atomic E-state index is 0.0726. The molecule has 1 saturated heterocycles. The molecule has 156 valence electrons. The van der Waals surface area contributed by atoms with Gasteiger partial charge >= 0.3 is 0 Å². The minimum atomic E-state index is -3.62. The van der Waals surface area contributed by atoms with Crippen LogP contribution in [0, 0.1) is 0 Å². The second-order valence-corrected chi connectivity index (χ2v) is 9.13. The molecule has 0 saturated carbocycles. The third-order valence-electron chi connectivity index (χ3n) is 4.62. The number of nitrogens with zero attached hydrogens (tertiary/aromatic N) is 2. The molecule has 1 fully saturated rings. The summed E-state index contributed by atoms with van der Waals surface area (Å²) in [4.78, 5) is 24.7. The largest absolute Gasteiger partial charge is 0.347 e. The topological polar surface area (TPSA) is 122 Å². The van der Waals surface area contributed by atoms with Gasteiger partial charge in [0.2, 0.25) is 15.9 Å². The van der Waals surface area contributed by atoms with Gasteiger partial charge in [0, 0.05) is 36.8 Å². The van der Waals surface area contributed by atoms with E-state index in [9.17, 15) is 18.0 Å². The number of aromatic nitrogens is 2. The van der Waals surface area contributed by atoms with Gasteiger partial charge in [0.1, 0.15) is 0 Å². The molecule has 0 radical (unpaired) electrons. The van der Waals surface area contributed by atoms with Gasteiger partial charge in [0.05, 0.1) is 23.2 Å². The van der Waals surface area contributed by atoms with Crippen LogP contribution < -0.4 is 15.4 Å². The number of carbonyl (C=O) groups excluding carboxylic acids is 2. The van der Waals surface area contributed by atoms with Crippen LogP contribution in [0.4, 0.5) is 0 Å². The van der Waals surface area contributed by atoms with Crippen LogP contribution in [0.2, 0.25) is 0 Å². The van der Waals surface area contributed by atoms with Crippen molar-refractivity contribution in [2.75, 3.05) is 0 Å². The molecule has 3 N–H and O–H groups in total. The van der Waals surface area contributed by atoms with Crippen LogP contribution in [-0.4, -0.2) is 42.1 Å². The zero-order valence-corrected chi connectivity index (χ0v) is 17.4. The molecule has 2 amide bonds. The number of piperidine rings is 1. The maximum atomic E-state index is 12.7. The maximum absolute atomic E-state index is 12.7. The number of carbonyl (C=O) groups is 2. The highest BCUT2D eigenvalue weighted by atomic mass is 32.2. The van der Waals surface area contributed by atoms with Gasteiger partial charge in [0.25, 0.3) is 5.91 Å². The Kier molecular flexibility index (Phi) is 6.04. The summed E-state index contributed by atoms with van der Waals surface area (Å²) in [6.07, 6.45) is 4.29. The zero-order chi connectivity index (χ0) is 21.2. The minimum Gasteiger partial charge on any atom is -0.347 e. The van der Waals surface area contributed by atoms with Crippen molar-refractivity contribution in [1.29, 1.82) is 0 Å². The Hall–Kier alpha value is -2.72. The number of rotatable bonds is 6. The SMILES string of the molecule is CC(C)NS(=O)(=O)c1ccc(C(=O)N[C@H]2CCC(=O)N[C@@H]2c2cnn(C)c2)cc1. The highest BCUT2D eigenvalue weighted by Gasteiger charge is 2.32. The molecule has 2 aromatic rings. The molecule has 1 aromatic carbocycles. The van der Waals surface area contributed by atoms with Crippen molar-refractivity contribution in [2.45, 2.75) is 49.7 Å². The molecular formula is C19H25N5O4S. The summed E-state index contributed by atoms with van der Waals surface area (Å²) in [7, 11) is -1.83. The number of sulfonamides is 1. The summed E-state index contributed by atoms with van der Waals surface area (Å²) in [6.45, 7) is 3.47. The first kappa shape index (κ1) is 21.0. The van der Waals surface area contributed by atoms with Gasteiger partial charge in [-0.3, -0.25) is 14.3 Å². The van der Waals surface area contributed by atoms with Gasteiger partial charge in [-0.25, -0.2) is 13.1 Å². The molecule has 0 aliphatic carbocycles. The van der Waals surface area contributed by atoms with E-state index in [0.717, 1.165) is 5.56 Å². The van der Waals surface area contributed by atoms with Crippen molar-refractivity contribution >= 4 is 21.8 Å². The van der Waals surface area contributed by atoms with Gasteiger partial charge in [-0.05, 0) is 44.5 Å². The average molecular weight is 420 g/mol. The number of nitrogens with one attached hydrogen (secondary N) is 3. The number of aryl methyl sites for hydroxylation is 1. The lowest BCUT2D eigenvalue weighted by atomic mass is 9.93. The number of benzene rings is 1. The van der Waals surface area contributed by atoms with Crippen LogP contribution in [0.5, 0.6) is 0 Å². The molecule has 1 aromatic heterocycles. The molecule has 0 spiro atoms. The maximum Gasteiger partial charge on any atom is 0.251 e. The molecule has 0 unspecified atom stereocenters. The first-order valence-electron chi connectivity index (χ1n) is 9.37. The Morgan fingerprint density at radius 1 is 1.28 bits per heavy atom. The predicted molar refractivity (Wildman–Crippen MR) is 106 cm³/mol. The van der Waals surface area contributed by atoms with Crippen LogP contribution in [0.15, 0.2) is 41.6 Å². The Balaban J connectivity index is 1.74. The molecule has 1 aliphatic rings. The van der Waals surface area contributed by atoms with Gasteiger partial charge in [-0.1, -0.05) is 0 Å². The lowest BCUT2D eigenvalue weighted by molar-refractivity contribution is -0.123. The second kappa shape index (κ2) is 8.34. The van der Waals surface area contributed by atoms with Gasteiger partial charge in [-0.2, -0.15) is 5.10 Å². The van der Waals surface area contributed by atoms with Gasteiger partial charge < -0.3 is 10.6 Å². The Morgan fingerprint density at radius 3 is 2.55 bits per heavy atom. The fraction of sp³-hybridized carbons (Fsp3) is 0.421. The van der Waals surface area contributed by atoms with Crippen LogP contribution in [0.25, 0.3) is 0 Å². The van der Waals surface area contributed by atoms with Crippen molar-refractivity contribution in [1.82, 2.24) is 25.1 Å². The van der Waals surface area contributed by atoms with Crippen LogP contribution in [0.1, 0.15) is 48.7 Å². The van der Waals surface area contributed by atoms with Gasteiger partial charge in [-0.15, -0.1) is 0 Å². The summed E-state index contributed by atoms with van der Waals surface area (Å²) >= 11 is 0. The molecule has 10 heteroatoms. The molecule has 1 aliphatic heterocycles. The number of hydrogen-bond donors (Lipinski definition) is 3. The monoisotopic (exact) mass is 419 g/mol. The van der Waals surface area contributed by atoms with E-state index in [-0.39, 0.29) is 34.8 Å². The second-order valence-electron chi connectivity index (χ2n) is 7.41. The Bertz CT molecular complexity index is 998. The average Bonchev–Trinajstić information content (AvgIpc) is 3.08. The van der Waals surface area contributed by atoms with E-state index < -0.39 is 10.0 Å². The first-order valence-corrected chi connectivity index (χ1v) is 10.8. The van der Waals surface area contributed by atoms with Crippen molar-refractivity contribution in [3.05, 3.63) is 47.8 Å². The normalized spacial score (nSPS) is 19.8. The Morgan fingerprint density at radius 2 is 1.97 bits per heavy atom. The first-order chi connectivity index (χ1) is 13.7. The summed E-state index contributed by atoms with van der Waals surface area (Å²) in [6, 6.07) is 4.87. The molecule has 3 rings (SSSR count). The lowest BCUT2D eigenvalue weighted by Crippen LogP contribution is -2.50. The smallest absolute Gasteiger partial charge is 0.251 e. The predicted octanol–water partition coefficient (Wildman–Crippen LogP) is 0.857. The highest BCUT2D eigenvalue weighted by molar-refractivity contribution is 7.89. The van der Waals surface area contributed by atoms with Crippen molar-refractivity contribution in [3.8, 4) is 0 Å². The standard InChI is InChI=1S/C19H25N5O4S/c1-12(2)23-29(27,28)15-6-4-13(5-7-15)19(26)21-16-8-9-17(25)22-18(16)14-10-20-24(3)11-14/h4-7,10-12,16,18,23H,8-9H2,1-3H3,(H,21,26)(H,22,25)/t16-,18+/m0/s1. The fourth-order valence-electron chi connectivity index (χ4n) is 3.29. The molecule has 2 heterocycles. The van der Waals surface area contributed by atoms with Crippen LogP contribution in [-0.2, 0) is 21.9 Å². The number of amides is 2. The number of hydrogen-bond acceptors (Lipinski definition) is 5. The van der Waals surface area contributed by atoms with E-state index in [1.807, 2.05) is 0 Å². The van der Waals surface area contributed by atoms with E-state index in [4.69, 9.17) is 0 Å².